The molecule has 1 aromatic rings. The summed E-state index contributed by atoms with van der Waals surface area (Å²) in [5.74, 6) is 0.477. The predicted molar refractivity (Wildman–Crippen MR) is 71.2 cm³/mol. The van der Waals surface area contributed by atoms with Crippen LogP contribution in [0.25, 0.3) is 0 Å². The fourth-order valence-corrected chi connectivity index (χ4v) is 1.92. The summed E-state index contributed by atoms with van der Waals surface area (Å²) < 4.78 is 5.51. The maximum atomic E-state index is 5.97. The first-order chi connectivity index (χ1) is 7.92. The second-order valence-corrected chi connectivity index (χ2v) is 4.86. The van der Waals surface area contributed by atoms with Crippen LogP contribution in [0.1, 0.15) is 32.4 Å². The van der Waals surface area contributed by atoms with Gasteiger partial charge >= 0.3 is 0 Å². The van der Waals surface area contributed by atoms with Gasteiger partial charge in [0.1, 0.15) is 5.82 Å². The number of pyridine rings is 1. The quantitative estimate of drug-likeness (QED) is 0.850. The van der Waals surface area contributed by atoms with Gasteiger partial charge in [-0.1, -0.05) is 18.5 Å². The molecule has 0 saturated carbocycles. The van der Waals surface area contributed by atoms with Crippen LogP contribution in [0.2, 0.25) is 5.02 Å². The lowest BCUT2D eigenvalue weighted by molar-refractivity contribution is -0.0105. The second-order valence-electron chi connectivity index (χ2n) is 4.43. The molecule has 0 aliphatic heterocycles. The zero-order valence-corrected chi connectivity index (χ0v) is 11.5. The standard InChI is InChI=1S/C12H20ClN3O/c1-5-15-10(12(2,3)17-4)9-6-8(13)7-16-11(9)14/h6-7,10,15H,5H2,1-4H3,(H2,14,16). The van der Waals surface area contributed by atoms with E-state index in [0.29, 0.717) is 10.8 Å². The van der Waals surface area contributed by atoms with Gasteiger partial charge in [-0.15, -0.1) is 0 Å². The van der Waals surface area contributed by atoms with Crippen LogP contribution in [0.15, 0.2) is 12.3 Å². The van der Waals surface area contributed by atoms with Crippen molar-refractivity contribution in [2.24, 2.45) is 0 Å². The van der Waals surface area contributed by atoms with Gasteiger partial charge in [0, 0.05) is 18.9 Å². The predicted octanol–water partition coefficient (Wildman–Crippen LogP) is 2.39. The van der Waals surface area contributed by atoms with Gasteiger partial charge in [0.2, 0.25) is 0 Å². The molecule has 4 nitrogen and oxygen atoms in total. The van der Waals surface area contributed by atoms with Crippen LogP contribution in [0, 0.1) is 0 Å². The molecule has 3 N–H and O–H groups in total. The van der Waals surface area contributed by atoms with Crippen molar-refractivity contribution in [3.05, 3.63) is 22.8 Å². The number of aromatic nitrogens is 1. The summed E-state index contributed by atoms with van der Waals surface area (Å²) in [6.45, 7) is 6.84. The Hall–Kier alpha value is -0.840. The van der Waals surface area contributed by atoms with E-state index in [4.69, 9.17) is 22.1 Å². The zero-order valence-electron chi connectivity index (χ0n) is 10.7. The summed E-state index contributed by atoms with van der Waals surface area (Å²) in [6.07, 6.45) is 1.54. The van der Waals surface area contributed by atoms with Gasteiger partial charge < -0.3 is 15.8 Å². The lowest BCUT2D eigenvalue weighted by Gasteiger charge is -2.34. The molecule has 0 aliphatic carbocycles. The van der Waals surface area contributed by atoms with E-state index in [1.54, 1.807) is 13.3 Å². The molecule has 0 amide bonds. The molecule has 0 spiro atoms. The molecule has 17 heavy (non-hydrogen) atoms. The molecule has 96 valence electrons. The number of likely N-dealkylation sites (N-methyl/N-ethyl adjacent to an activating group) is 1. The lowest BCUT2D eigenvalue weighted by atomic mass is 9.92. The molecule has 0 bridgehead atoms. The van der Waals surface area contributed by atoms with Crippen LogP contribution in [0.5, 0.6) is 0 Å². The minimum atomic E-state index is -0.392. The molecule has 1 rings (SSSR count). The van der Waals surface area contributed by atoms with Gasteiger partial charge in [-0.3, -0.25) is 0 Å². The van der Waals surface area contributed by atoms with Gasteiger partial charge in [-0.2, -0.15) is 0 Å². The number of anilines is 1. The molecule has 0 saturated heterocycles. The fraction of sp³-hybridized carbons (Fsp3) is 0.583. The third-order valence-electron chi connectivity index (χ3n) is 2.86. The lowest BCUT2D eigenvalue weighted by Crippen LogP contribution is -2.41. The first-order valence-corrected chi connectivity index (χ1v) is 5.99. The second kappa shape index (κ2) is 5.67. The Morgan fingerprint density at radius 3 is 2.76 bits per heavy atom. The third-order valence-corrected chi connectivity index (χ3v) is 3.06. The minimum absolute atomic E-state index is 0.0521. The van der Waals surface area contributed by atoms with Crippen LogP contribution < -0.4 is 11.1 Å². The Balaban J connectivity index is 3.17. The Labute approximate surface area is 108 Å². The SMILES string of the molecule is CCNC(c1cc(Cl)cnc1N)C(C)(C)OC. The highest BCUT2D eigenvalue weighted by Gasteiger charge is 2.31. The van der Waals surface area contributed by atoms with E-state index in [2.05, 4.69) is 10.3 Å². The van der Waals surface area contributed by atoms with Crippen molar-refractivity contribution in [2.75, 3.05) is 19.4 Å². The molecule has 5 heteroatoms. The molecule has 0 radical (unpaired) electrons. The van der Waals surface area contributed by atoms with E-state index in [1.807, 2.05) is 26.8 Å². The van der Waals surface area contributed by atoms with Crippen LogP contribution in [-0.4, -0.2) is 24.2 Å². The number of halogens is 1. The van der Waals surface area contributed by atoms with E-state index in [0.717, 1.165) is 12.1 Å². The van der Waals surface area contributed by atoms with E-state index in [1.165, 1.54) is 0 Å². The summed E-state index contributed by atoms with van der Waals surface area (Å²) in [5.41, 5.74) is 6.38. The average Bonchev–Trinajstić information content (AvgIpc) is 2.29. The first kappa shape index (κ1) is 14.2. The highest BCUT2D eigenvalue weighted by molar-refractivity contribution is 6.30. The first-order valence-electron chi connectivity index (χ1n) is 5.61. The van der Waals surface area contributed by atoms with E-state index in [-0.39, 0.29) is 6.04 Å². The molecule has 0 aliphatic rings. The van der Waals surface area contributed by atoms with Gasteiger partial charge in [-0.05, 0) is 26.5 Å². The third kappa shape index (κ3) is 3.31. The normalized spacial score (nSPS) is 13.7. The molecular weight excluding hydrogens is 238 g/mol. The summed E-state index contributed by atoms with van der Waals surface area (Å²) in [5, 5.41) is 3.93. The average molecular weight is 258 g/mol. The fourth-order valence-electron chi connectivity index (χ4n) is 1.75. The summed E-state index contributed by atoms with van der Waals surface area (Å²) in [4.78, 5) is 4.08. The Bertz CT molecular complexity index is 382. The Morgan fingerprint density at radius 2 is 2.24 bits per heavy atom. The highest BCUT2D eigenvalue weighted by atomic mass is 35.5. The number of ether oxygens (including phenoxy) is 1. The molecule has 1 atom stereocenters. The number of nitrogens with zero attached hydrogens (tertiary/aromatic N) is 1. The largest absolute Gasteiger partial charge is 0.383 e. The Kier molecular flexibility index (Phi) is 4.74. The summed E-state index contributed by atoms with van der Waals surface area (Å²) in [6, 6.07) is 1.78. The van der Waals surface area contributed by atoms with Crippen molar-refractivity contribution in [3.63, 3.8) is 0 Å². The van der Waals surface area contributed by atoms with Gasteiger partial charge in [0.15, 0.2) is 0 Å². The number of hydrogen-bond acceptors (Lipinski definition) is 4. The molecule has 0 fully saturated rings. The topological polar surface area (TPSA) is 60.2 Å². The molecular formula is C12H20ClN3O. The summed E-state index contributed by atoms with van der Waals surface area (Å²) >= 11 is 5.97. The van der Waals surface area contributed by atoms with Crippen LogP contribution in [0.3, 0.4) is 0 Å². The van der Waals surface area contributed by atoms with Gasteiger partial charge in [-0.25, -0.2) is 4.98 Å². The number of nitrogens with one attached hydrogen (secondary N) is 1. The van der Waals surface area contributed by atoms with E-state index in [9.17, 15) is 0 Å². The number of hydrogen-bond donors (Lipinski definition) is 2. The van der Waals surface area contributed by atoms with E-state index >= 15 is 0 Å². The van der Waals surface area contributed by atoms with Crippen LogP contribution in [-0.2, 0) is 4.74 Å². The van der Waals surface area contributed by atoms with Gasteiger partial charge in [0.05, 0.1) is 16.7 Å². The van der Waals surface area contributed by atoms with Crippen molar-refractivity contribution < 1.29 is 4.74 Å². The molecule has 0 aromatic carbocycles. The number of methoxy groups -OCH3 is 1. The number of nitrogens with two attached hydrogens (primary N) is 1. The van der Waals surface area contributed by atoms with Crippen molar-refractivity contribution in [3.8, 4) is 0 Å². The molecule has 1 heterocycles. The smallest absolute Gasteiger partial charge is 0.128 e. The Morgan fingerprint density at radius 1 is 1.59 bits per heavy atom. The summed E-state index contributed by atoms with van der Waals surface area (Å²) in [7, 11) is 1.68. The number of rotatable bonds is 5. The van der Waals surface area contributed by atoms with Crippen molar-refractivity contribution >= 4 is 17.4 Å². The monoisotopic (exact) mass is 257 g/mol. The van der Waals surface area contributed by atoms with E-state index < -0.39 is 5.60 Å². The maximum absolute atomic E-state index is 5.97. The zero-order chi connectivity index (χ0) is 13.1. The van der Waals surface area contributed by atoms with Gasteiger partial charge in [0.25, 0.3) is 0 Å². The van der Waals surface area contributed by atoms with Crippen LogP contribution in [0.4, 0.5) is 5.82 Å². The highest BCUT2D eigenvalue weighted by Crippen LogP contribution is 2.32. The number of nitrogen functional groups attached to an aromatic ring is 1. The maximum Gasteiger partial charge on any atom is 0.128 e. The molecule has 1 aromatic heterocycles. The van der Waals surface area contributed by atoms with Crippen molar-refractivity contribution in [1.29, 1.82) is 0 Å². The van der Waals surface area contributed by atoms with Crippen LogP contribution >= 0.6 is 11.6 Å². The molecule has 1 unspecified atom stereocenters. The van der Waals surface area contributed by atoms with Crippen molar-refractivity contribution in [2.45, 2.75) is 32.4 Å². The van der Waals surface area contributed by atoms with Crippen molar-refractivity contribution in [1.82, 2.24) is 10.3 Å². The minimum Gasteiger partial charge on any atom is -0.383 e.